The lowest BCUT2D eigenvalue weighted by molar-refractivity contribution is -0.116. The van der Waals surface area contributed by atoms with Gasteiger partial charge in [-0.15, -0.1) is 0 Å². The highest BCUT2D eigenvalue weighted by Crippen LogP contribution is 2.38. The minimum atomic E-state index is -0.296. The maximum atomic E-state index is 12.8. The summed E-state index contributed by atoms with van der Waals surface area (Å²) in [4.78, 5) is 29.0. The lowest BCUT2D eigenvalue weighted by atomic mass is 10.0. The number of ketones is 1. The van der Waals surface area contributed by atoms with Crippen molar-refractivity contribution in [2.24, 2.45) is 4.99 Å². The van der Waals surface area contributed by atoms with Crippen molar-refractivity contribution < 1.29 is 23.8 Å². The van der Waals surface area contributed by atoms with E-state index < -0.39 is 0 Å². The van der Waals surface area contributed by atoms with Crippen molar-refractivity contribution in [3.63, 3.8) is 0 Å². The predicted molar refractivity (Wildman–Crippen MR) is 131 cm³/mol. The molecule has 1 amide bonds. The van der Waals surface area contributed by atoms with E-state index in [1.807, 2.05) is 42.5 Å². The van der Waals surface area contributed by atoms with E-state index in [1.165, 1.54) is 21.3 Å². The van der Waals surface area contributed by atoms with Gasteiger partial charge in [0.2, 0.25) is 5.75 Å². The van der Waals surface area contributed by atoms with Crippen molar-refractivity contribution in [3.05, 3.63) is 76.9 Å². The zero-order valence-corrected chi connectivity index (χ0v) is 19.6. The van der Waals surface area contributed by atoms with E-state index in [0.717, 1.165) is 34.5 Å². The number of amides is 1. The van der Waals surface area contributed by atoms with Crippen LogP contribution in [-0.4, -0.2) is 38.7 Å². The summed E-state index contributed by atoms with van der Waals surface area (Å²) in [5.41, 5.74) is 6.00. The molecule has 0 radical (unpaired) electrons. The number of carbonyl (C=O) groups is 2. The van der Waals surface area contributed by atoms with Crippen LogP contribution in [0.15, 0.2) is 59.6 Å². The summed E-state index contributed by atoms with van der Waals surface area (Å²) in [6.45, 7) is 1.59. The van der Waals surface area contributed by atoms with E-state index in [0.29, 0.717) is 34.9 Å². The van der Waals surface area contributed by atoms with Gasteiger partial charge in [-0.2, -0.15) is 0 Å². The lowest BCUT2D eigenvalue weighted by Gasteiger charge is -2.14. The second-order valence-corrected chi connectivity index (χ2v) is 8.02. The molecule has 0 aliphatic carbocycles. The molecule has 0 spiro atoms. The Morgan fingerprint density at radius 1 is 0.912 bits per heavy atom. The number of anilines is 1. The second-order valence-electron chi connectivity index (χ2n) is 8.02. The molecule has 0 bridgehead atoms. The van der Waals surface area contributed by atoms with Crippen LogP contribution >= 0.6 is 0 Å². The molecular formula is C27H26N2O5. The Hall–Kier alpha value is -4.13. The van der Waals surface area contributed by atoms with Gasteiger partial charge >= 0.3 is 0 Å². The predicted octanol–water partition coefficient (Wildman–Crippen LogP) is 4.77. The number of hydrogen-bond acceptors (Lipinski definition) is 6. The number of nitrogens with zero attached hydrogens (tertiary/aromatic N) is 1. The molecule has 7 heteroatoms. The van der Waals surface area contributed by atoms with Crippen molar-refractivity contribution >= 4 is 28.8 Å². The van der Waals surface area contributed by atoms with Gasteiger partial charge in [-0.3, -0.25) is 14.6 Å². The summed E-state index contributed by atoms with van der Waals surface area (Å²) in [5, 5.41) is 2.90. The first-order valence-corrected chi connectivity index (χ1v) is 10.8. The summed E-state index contributed by atoms with van der Waals surface area (Å²) in [5.74, 6) is 1.08. The highest BCUT2D eigenvalue weighted by molar-refractivity contribution is 6.08. The maximum Gasteiger partial charge on any atom is 0.255 e. The summed E-state index contributed by atoms with van der Waals surface area (Å²) in [6, 6.07) is 16.8. The molecule has 1 aliphatic heterocycles. The van der Waals surface area contributed by atoms with Crippen LogP contribution in [0.2, 0.25) is 0 Å². The first-order valence-electron chi connectivity index (χ1n) is 10.8. The molecule has 0 aromatic heterocycles. The Morgan fingerprint density at radius 3 is 2.18 bits per heavy atom. The lowest BCUT2D eigenvalue weighted by Crippen LogP contribution is -2.13. The van der Waals surface area contributed by atoms with Gasteiger partial charge in [0.25, 0.3) is 5.91 Å². The van der Waals surface area contributed by atoms with Crippen LogP contribution in [0, 0.1) is 0 Å². The maximum absolute atomic E-state index is 12.8. The van der Waals surface area contributed by atoms with Crippen LogP contribution in [0.5, 0.6) is 17.2 Å². The number of ether oxygens (including phenoxy) is 3. The standard InChI is InChI=1S/C27H26N2O5/c1-16(30)11-17-5-6-19-13-23(29-22(19)12-17)18-7-9-21(10-8-18)28-27(31)20-14-24(32-2)26(34-4)25(15-20)33-3/h5-10,12,14-15H,11,13H2,1-4H3,(H,28,31). The fraction of sp³-hybridized carbons (Fsp3) is 0.222. The van der Waals surface area contributed by atoms with Crippen molar-refractivity contribution in [2.45, 2.75) is 19.8 Å². The third-order valence-corrected chi connectivity index (χ3v) is 5.62. The van der Waals surface area contributed by atoms with Gasteiger partial charge in [0, 0.05) is 24.1 Å². The van der Waals surface area contributed by atoms with Crippen molar-refractivity contribution in [3.8, 4) is 17.2 Å². The number of hydrogen-bond donors (Lipinski definition) is 1. The first-order chi connectivity index (χ1) is 16.4. The topological polar surface area (TPSA) is 86.2 Å². The van der Waals surface area contributed by atoms with E-state index in [4.69, 9.17) is 19.2 Å². The molecule has 4 rings (SSSR count). The van der Waals surface area contributed by atoms with Crippen molar-refractivity contribution in [1.82, 2.24) is 0 Å². The third-order valence-electron chi connectivity index (χ3n) is 5.62. The Balaban J connectivity index is 1.49. The molecule has 1 aliphatic rings. The average molecular weight is 459 g/mol. The summed E-state index contributed by atoms with van der Waals surface area (Å²) < 4.78 is 16.0. The molecule has 1 heterocycles. The molecule has 174 valence electrons. The van der Waals surface area contributed by atoms with Gasteiger partial charge in [-0.25, -0.2) is 0 Å². The van der Waals surface area contributed by atoms with Gasteiger partial charge in [0.15, 0.2) is 11.5 Å². The van der Waals surface area contributed by atoms with Crippen LogP contribution in [0.4, 0.5) is 11.4 Å². The Morgan fingerprint density at radius 2 is 1.59 bits per heavy atom. The Kier molecular flexibility index (Phi) is 6.63. The number of carbonyl (C=O) groups excluding carboxylic acids is 2. The molecule has 3 aromatic rings. The van der Waals surface area contributed by atoms with Gasteiger partial charge in [0.1, 0.15) is 5.78 Å². The minimum absolute atomic E-state index is 0.131. The first kappa shape index (κ1) is 23.0. The van der Waals surface area contributed by atoms with Gasteiger partial charge < -0.3 is 19.5 Å². The van der Waals surface area contributed by atoms with Gasteiger partial charge in [-0.05, 0) is 53.9 Å². The number of fused-ring (bicyclic) bond motifs is 1. The van der Waals surface area contributed by atoms with E-state index >= 15 is 0 Å². The summed E-state index contributed by atoms with van der Waals surface area (Å²) >= 11 is 0. The molecule has 0 fully saturated rings. The van der Waals surface area contributed by atoms with Crippen LogP contribution in [0.3, 0.4) is 0 Å². The SMILES string of the molecule is COc1cc(C(=O)Nc2ccc(C3=Nc4cc(CC(C)=O)ccc4C3)cc2)cc(OC)c1OC. The number of Topliss-reactive ketones (excluding diaryl/α,β-unsaturated/α-hetero) is 1. The fourth-order valence-electron chi connectivity index (χ4n) is 3.95. The van der Waals surface area contributed by atoms with Crippen LogP contribution in [0.25, 0.3) is 0 Å². The van der Waals surface area contributed by atoms with Crippen molar-refractivity contribution in [1.29, 1.82) is 0 Å². The minimum Gasteiger partial charge on any atom is -0.493 e. The number of aliphatic imine (C=N–C) groups is 1. The Labute approximate surface area is 198 Å². The normalized spacial score (nSPS) is 11.9. The number of rotatable bonds is 8. The summed E-state index contributed by atoms with van der Waals surface area (Å²) in [7, 11) is 4.53. The highest BCUT2D eigenvalue weighted by Gasteiger charge is 2.19. The quantitative estimate of drug-likeness (QED) is 0.525. The zero-order valence-electron chi connectivity index (χ0n) is 19.6. The van der Waals surface area contributed by atoms with E-state index in [-0.39, 0.29) is 11.7 Å². The van der Waals surface area contributed by atoms with E-state index in [9.17, 15) is 9.59 Å². The monoisotopic (exact) mass is 458 g/mol. The molecule has 0 saturated carbocycles. The van der Waals surface area contributed by atoms with Crippen molar-refractivity contribution in [2.75, 3.05) is 26.6 Å². The van der Waals surface area contributed by atoms with Crippen LogP contribution in [0.1, 0.15) is 34.0 Å². The average Bonchev–Trinajstić information content (AvgIpc) is 3.26. The largest absolute Gasteiger partial charge is 0.493 e. The molecule has 0 atom stereocenters. The smallest absolute Gasteiger partial charge is 0.255 e. The molecule has 3 aromatic carbocycles. The second kappa shape index (κ2) is 9.79. The fourth-order valence-corrected chi connectivity index (χ4v) is 3.95. The van der Waals surface area contributed by atoms with Crippen LogP contribution < -0.4 is 19.5 Å². The number of methoxy groups -OCH3 is 3. The molecular weight excluding hydrogens is 432 g/mol. The molecule has 7 nitrogen and oxygen atoms in total. The number of benzene rings is 3. The van der Waals surface area contributed by atoms with Gasteiger partial charge in [-0.1, -0.05) is 24.3 Å². The van der Waals surface area contributed by atoms with E-state index in [1.54, 1.807) is 19.1 Å². The van der Waals surface area contributed by atoms with Crippen LogP contribution in [-0.2, 0) is 17.6 Å². The number of nitrogens with one attached hydrogen (secondary N) is 1. The Bertz CT molecular complexity index is 1250. The molecule has 34 heavy (non-hydrogen) atoms. The molecule has 0 unspecified atom stereocenters. The molecule has 1 N–H and O–H groups in total. The summed E-state index contributed by atoms with van der Waals surface area (Å²) in [6.07, 6.45) is 1.14. The van der Waals surface area contributed by atoms with E-state index in [2.05, 4.69) is 5.32 Å². The third kappa shape index (κ3) is 4.78. The zero-order chi connectivity index (χ0) is 24.2. The highest BCUT2D eigenvalue weighted by atomic mass is 16.5. The molecule has 0 saturated heterocycles. The van der Waals surface area contributed by atoms with Gasteiger partial charge in [0.05, 0.1) is 32.7 Å².